The van der Waals surface area contributed by atoms with E-state index in [9.17, 15) is 9.59 Å². The first-order valence-electron chi connectivity index (χ1n) is 11.0. The first kappa shape index (κ1) is 22.6. The van der Waals surface area contributed by atoms with Crippen LogP contribution in [0.3, 0.4) is 0 Å². The number of likely N-dealkylation sites (tertiary alicyclic amines) is 1. The highest BCUT2D eigenvalue weighted by Crippen LogP contribution is 2.30. The molecule has 6 heteroatoms. The molecule has 1 fully saturated rings. The Bertz CT molecular complexity index is 948. The van der Waals surface area contributed by atoms with E-state index in [-0.39, 0.29) is 17.7 Å². The second kappa shape index (κ2) is 10.8. The lowest BCUT2D eigenvalue weighted by Gasteiger charge is -2.31. The third-order valence-corrected chi connectivity index (χ3v) is 5.63. The Balaban J connectivity index is 1.67. The maximum atomic E-state index is 13.2. The van der Waals surface area contributed by atoms with Gasteiger partial charge in [-0.3, -0.25) is 14.6 Å². The minimum atomic E-state index is -0.0961. The Morgan fingerprint density at radius 1 is 1.26 bits per heavy atom. The van der Waals surface area contributed by atoms with E-state index in [2.05, 4.69) is 18.8 Å². The van der Waals surface area contributed by atoms with Gasteiger partial charge in [-0.05, 0) is 56.4 Å². The van der Waals surface area contributed by atoms with E-state index in [1.165, 1.54) is 0 Å². The number of aryl methyl sites for hydroxylation is 1. The summed E-state index contributed by atoms with van der Waals surface area (Å²) in [6.45, 7) is 5.73. The lowest BCUT2D eigenvalue weighted by Crippen LogP contribution is -2.38. The van der Waals surface area contributed by atoms with E-state index >= 15 is 0 Å². The third-order valence-electron chi connectivity index (χ3n) is 5.63. The summed E-state index contributed by atoms with van der Waals surface area (Å²) in [4.78, 5) is 33.7. The van der Waals surface area contributed by atoms with Crippen LogP contribution in [0, 0.1) is 18.8 Å². The Hall–Kier alpha value is -3.07. The standard InChI is InChI=1S/C25H31N3O3/c1-4-5-6-7-10-23(29)28-15-13-20(14-16-28)24-22(12-11-19(2)26-24)25(30)27(3)18-21-9-8-17-31-21/h8-9,11-12,17,20H,4-6,13-16,18H2,1-3H3. The Morgan fingerprint density at radius 3 is 2.71 bits per heavy atom. The van der Waals surface area contributed by atoms with E-state index in [0.29, 0.717) is 25.2 Å². The molecule has 2 aromatic rings. The Kier molecular flexibility index (Phi) is 7.88. The number of amides is 2. The number of hydrogen-bond acceptors (Lipinski definition) is 4. The molecule has 2 aromatic heterocycles. The van der Waals surface area contributed by atoms with Gasteiger partial charge in [0.25, 0.3) is 11.8 Å². The molecule has 0 N–H and O–H groups in total. The minimum absolute atomic E-state index is 0.0702. The van der Waals surface area contributed by atoms with E-state index < -0.39 is 0 Å². The van der Waals surface area contributed by atoms with Crippen LogP contribution in [-0.4, -0.2) is 46.7 Å². The van der Waals surface area contributed by atoms with Gasteiger partial charge in [-0.2, -0.15) is 0 Å². The van der Waals surface area contributed by atoms with Crippen molar-refractivity contribution in [3.8, 4) is 11.8 Å². The molecule has 0 spiro atoms. The molecule has 3 heterocycles. The fraction of sp³-hybridized carbons (Fsp3) is 0.480. The largest absolute Gasteiger partial charge is 0.467 e. The molecule has 0 atom stereocenters. The summed E-state index contributed by atoms with van der Waals surface area (Å²) in [7, 11) is 1.77. The number of unbranched alkanes of at least 4 members (excludes halogenated alkanes) is 2. The van der Waals surface area contributed by atoms with Gasteiger partial charge in [0, 0.05) is 38.2 Å². The number of rotatable bonds is 6. The Morgan fingerprint density at radius 2 is 2.03 bits per heavy atom. The van der Waals surface area contributed by atoms with Crippen LogP contribution in [0.2, 0.25) is 0 Å². The van der Waals surface area contributed by atoms with Gasteiger partial charge in [-0.15, -0.1) is 0 Å². The predicted octanol–water partition coefficient (Wildman–Crippen LogP) is 4.15. The maximum absolute atomic E-state index is 13.2. The molecular formula is C25H31N3O3. The lowest BCUT2D eigenvalue weighted by molar-refractivity contribution is -0.126. The molecule has 3 rings (SSSR count). The highest BCUT2D eigenvalue weighted by molar-refractivity contribution is 5.95. The number of nitrogens with zero attached hydrogens (tertiary/aromatic N) is 3. The SMILES string of the molecule is CCCCC#CC(=O)N1CCC(c2nc(C)ccc2C(=O)N(C)Cc2ccco2)CC1. The summed E-state index contributed by atoms with van der Waals surface area (Å²) in [5.41, 5.74) is 2.35. The van der Waals surface area contributed by atoms with E-state index in [1.54, 1.807) is 18.2 Å². The highest BCUT2D eigenvalue weighted by Gasteiger charge is 2.28. The van der Waals surface area contributed by atoms with Gasteiger partial charge in [-0.25, -0.2) is 0 Å². The summed E-state index contributed by atoms with van der Waals surface area (Å²) >= 11 is 0. The molecule has 2 amide bonds. The summed E-state index contributed by atoms with van der Waals surface area (Å²) in [5.74, 6) is 6.47. The van der Waals surface area contributed by atoms with Gasteiger partial charge in [-0.1, -0.05) is 19.3 Å². The molecule has 0 unspecified atom stereocenters. The first-order chi connectivity index (χ1) is 15.0. The first-order valence-corrected chi connectivity index (χ1v) is 11.0. The van der Waals surface area contributed by atoms with E-state index in [4.69, 9.17) is 9.40 Å². The zero-order valence-corrected chi connectivity index (χ0v) is 18.7. The van der Waals surface area contributed by atoms with Crippen LogP contribution in [0.15, 0.2) is 34.9 Å². The average molecular weight is 422 g/mol. The molecule has 6 nitrogen and oxygen atoms in total. The third kappa shape index (κ3) is 5.97. The quantitative estimate of drug-likeness (QED) is 0.519. The van der Waals surface area contributed by atoms with Crippen LogP contribution >= 0.6 is 0 Å². The Labute approximate surface area is 184 Å². The molecule has 0 saturated carbocycles. The van der Waals surface area contributed by atoms with Crippen molar-refractivity contribution in [3.05, 3.63) is 53.2 Å². The van der Waals surface area contributed by atoms with Crippen molar-refractivity contribution in [1.29, 1.82) is 0 Å². The van der Waals surface area contributed by atoms with Gasteiger partial charge in [0.05, 0.1) is 24.1 Å². The summed E-state index contributed by atoms with van der Waals surface area (Å²) in [6, 6.07) is 7.42. The normalized spacial score (nSPS) is 14.1. The molecule has 1 saturated heterocycles. The number of piperidine rings is 1. The van der Waals surface area contributed by atoms with Gasteiger partial charge < -0.3 is 14.2 Å². The second-order valence-corrected chi connectivity index (χ2v) is 8.10. The topological polar surface area (TPSA) is 66.7 Å². The van der Waals surface area contributed by atoms with Crippen molar-refractivity contribution in [3.63, 3.8) is 0 Å². The lowest BCUT2D eigenvalue weighted by atomic mass is 9.89. The second-order valence-electron chi connectivity index (χ2n) is 8.10. The fourth-order valence-corrected chi connectivity index (χ4v) is 3.82. The van der Waals surface area contributed by atoms with Crippen LogP contribution < -0.4 is 0 Å². The summed E-state index contributed by atoms with van der Waals surface area (Å²) in [5, 5.41) is 0. The van der Waals surface area contributed by atoms with Gasteiger partial charge >= 0.3 is 0 Å². The average Bonchev–Trinajstić information content (AvgIpc) is 3.29. The fourth-order valence-electron chi connectivity index (χ4n) is 3.82. The van der Waals surface area contributed by atoms with Gasteiger partial charge in [0.15, 0.2) is 0 Å². The van der Waals surface area contributed by atoms with Gasteiger partial charge in [0.1, 0.15) is 5.76 Å². The van der Waals surface area contributed by atoms with Crippen molar-refractivity contribution in [1.82, 2.24) is 14.8 Å². The van der Waals surface area contributed by atoms with E-state index in [0.717, 1.165) is 49.3 Å². The van der Waals surface area contributed by atoms with Crippen molar-refractivity contribution >= 4 is 11.8 Å². The molecule has 0 aromatic carbocycles. The number of carbonyl (C=O) groups excluding carboxylic acids is 2. The monoisotopic (exact) mass is 421 g/mol. The minimum Gasteiger partial charge on any atom is -0.467 e. The summed E-state index contributed by atoms with van der Waals surface area (Å²) in [6.07, 6.45) is 6.03. The maximum Gasteiger partial charge on any atom is 0.298 e. The number of hydrogen-bond donors (Lipinski definition) is 0. The zero-order valence-electron chi connectivity index (χ0n) is 18.7. The summed E-state index contributed by atoms with van der Waals surface area (Å²) < 4.78 is 5.37. The van der Waals surface area contributed by atoms with Crippen LogP contribution in [0.1, 0.15) is 72.5 Å². The van der Waals surface area contributed by atoms with Crippen molar-refractivity contribution in [2.24, 2.45) is 0 Å². The van der Waals surface area contributed by atoms with Crippen molar-refractivity contribution < 1.29 is 14.0 Å². The molecule has 0 aliphatic carbocycles. The number of carbonyl (C=O) groups is 2. The van der Waals surface area contributed by atoms with E-state index in [1.807, 2.05) is 36.1 Å². The van der Waals surface area contributed by atoms with Gasteiger partial charge in [0.2, 0.25) is 0 Å². The van der Waals surface area contributed by atoms with Crippen LogP contribution in [0.4, 0.5) is 0 Å². The zero-order chi connectivity index (χ0) is 22.2. The molecule has 1 aliphatic rings. The molecule has 31 heavy (non-hydrogen) atoms. The molecular weight excluding hydrogens is 390 g/mol. The van der Waals surface area contributed by atoms with Crippen LogP contribution in [0.5, 0.6) is 0 Å². The molecule has 0 radical (unpaired) electrons. The number of furan rings is 1. The number of pyridine rings is 1. The van der Waals surface area contributed by atoms with Crippen molar-refractivity contribution in [2.45, 2.75) is 58.4 Å². The number of aromatic nitrogens is 1. The molecule has 0 bridgehead atoms. The predicted molar refractivity (Wildman–Crippen MR) is 119 cm³/mol. The van der Waals surface area contributed by atoms with Crippen LogP contribution in [-0.2, 0) is 11.3 Å². The smallest absolute Gasteiger partial charge is 0.298 e. The molecule has 164 valence electrons. The van der Waals surface area contributed by atoms with Crippen LogP contribution in [0.25, 0.3) is 0 Å². The van der Waals surface area contributed by atoms with Crippen molar-refractivity contribution in [2.75, 3.05) is 20.1 Å². The highest BCUT2D eigenvalue weighted by atomic mass is 16.3. The molecule has 1 aliphatic heterocycles.